The zero-order valence-corrected chi connectivity index (χ0v) is 17.2. The minimum atomic E-state index is -2.57. The molecule has 3 aliphatic heterocycles. The van der Waals surface area contributed by atoms with Gasteiger partial charge in [0.05, 0.1) is 6.61 Å². The van der Waals surface area contributed by atoms with Crippen LogP contribution in [0.2, 0.25) is 26.2 Å². The fourth-order valence-electron chi connectivity index (χ4n) is 3.49. The molecule has 6 nitrogen and oxygen atoms in total. The first-order chi connectivity index (χ1) is 9.40. The molecular weight excluding hydrogens is 328 g/mol. The summed E-state index contributed by atoms with van der Waals surface area (Å²) in [5.41, 5.74) is 0. The lowest BCUT2D eigenvalue weighted by Gasteiger charge is -2.46. The van der Waals surface area contributed by atoms with E-state index in [1.807, 2.05) is 6.55 Å². The maximum absolute atomic E-state index is 6.41. The molecule has 0 bridgehead atoms. The molecule has 5 atom stereocenters. The van der Waals surface area contributed by atoms with Crippen LogP contribution < -0.4 is 0 Å². The van der Waals surface area contributed by atoms with E-state index in [0.29, 0.717) is 6.61 Å². The van der Waals surface area contributed by atoms with Gasteiger partial charge in [0.25, 0.3) is 27.9 Å². The molecule has 0 aliphatic carbocycles. The first-order valence-electron chi connectivity index (χ1n) is 7.36. The highest BCUT2D eigenvalue weighted by atomic mass is 28.5. The lowest BCUT2D eigenvalue weighted by Crippen LogP contribution is -2.68. The number of epoxide rings is 1. The maximum atomic E-state index is 6.41. The molecule has 0 saturated carbocycles. The van der Waals surface area contributed by atoms with Crippen LogP contribution in [-0.4, -0.2) is 60.5 Å². The third-order valence-electron chi connectivity index (χ3n) is 4.39. The average Bonchev–Trinajstić information content (AvgIpc) is 3.00. The van der Waals surface area contributed by atoms with Gasteiger partial charge < -0.3 is 25.9 Å². The Kier molecular flexibility index (Phi) is 4.16. The summed E-state index contributed by atoms with van der Waals surface area (Å²) >= 11 is 0. The number of ether oxygens (including phenoxy) is 2. The standard InChI is InChI=1S/C10H24O6Si4/c1-6-10(9-8(12-9)7-11-10)20(5)15-18(3)13-17(2)14-19(4)16-20/h8-9,17-19H,6-7H2,1-5H3. The lowest BCUT2D eigenvalue weighted by atomic mass is 10.2. The van der Waals surface area contributed by atoms with E-state index in [1.165, 1.54) is 0 Å². The molecule has 3 saturated heterocycles. The van der Waals surface area contributed by atoms with Crippen LogP contribution in [0.1, 0.15) is 13.3 Å². The van der Waals surface area contributed by atoms with Gasteiger partial charge in [0.2, 0.25) is 0 Å². The van der Waals surface area contributed by atoms with Crippen molar-refractivity contribution in [3.8, 4) is 0 Å². The molecule has 5 unspecified atom stereocenters. The summed E-state index contributed by atoms with van der Waals surface area (Å²) in [6.07, 6.45) is 1.23. The van der Waals surface area contributed by atoms with Crippen molar-refractivity contribution in [1.82, 2.24) is 0 Å². The highest BCUT2D eigenvalue weighted by molar-refractivity contribution is 6.83. The van der Waals surface area contributed by atoms with Crippen molar-refractivity contribution < 1.29 is 25.9 Å². The highest BCUT2D eigenvalue weighted by Crippen LogP contribution is 2.50. The first kappa shape index (κ1) is 15.5. The second kappa shape index (κ2) is 5.37. The number of hydrogen-bond acceptors (Lipinski definition) is 6. The smallest absolute Gasteiger partial charge is 0.353 e. The van der Waals surface area contributed by atoms with Crippen LogP contribution >= 0.6 is 0 Å². The molecule has 0 aromatic rings. The predicted molar refractivity (Wildman–Crippen MR) is 82.6 cm³/mol. The molecule has 0 spiro atoms. The van der Waals surface area contributed by atoms with Crippen molar-refractivity contribution in [2.24, 2.45) is 0 Å². The average molecular weight is 353 g/mol. The van der Waals surface area contributed by atoms with E-state index in [1.54, 1.807) is 0 Å². The van der Waals surface area contributed by atoms with Crippen molar-refractivity contribution in [3.63, 3.8) is 0 Å². The van der Waals surface area contributed by atoms with Gasteiger partial charge in [-0.3, -0.25) is 0 Å². The van der Waals surface area contributed by atoms with E-state index < -0.39 is 41.6 Å². The van der Waals surface area contributed by atoms with E-state index in [0.717, 1.165) is 6.42 Å². The summed E-state index contributed by atoms with van der Waals surface area (Å²) in [4.78, 5) is 0. The summed E-state index contributed by atoms with van der Waals surface area (Å²) in [7, 11) is -7.64. The van der Waals surface area contributed by atoms with Crippen LogP contribution in [-0.2, 0) is 25.9 Å². The molecule has 0 aromatic heterocycles. The van der Waals surface area contributed by atoms with Crippen molar-refractivity contribution >= 4 is 36.4 Å². The Balaban J connectivity index is 1.87. The third-order valence-corrected chi connectivity index (χ3v) is 19.1. The fourth-order valence-corrected chi connectivity index (χ4v) is 19.2. The Bertz CT molecular complexity index is 373. The van der Waals surface area contributed by atoms with E-state index in [-0.39, 0.29) is 12.2 Å². The van der Waals surface area contributed by atoms with Gasteiger partial charge in [0.15, 0.2) is 0 Å². The fraction of sp³-hybridized carbons (Fsp3) is 1.00. The zero-order valence-electron chi connectivity index (χ0n) is 12.8. The highest BCUT2D eigenvalue weighted by Gasteiger charge is 2.72. The van der Waals surface area contributed by atoms with Gasteiger partial charge in [-0.1, -0.05) is 6.92 Å². The topological polar surface area (TPSA) is 58.7 Å². The molecule has 116 valence electrons. The van der Waals surface area contributed by atoms with Gasteiger partial charge in [0.1, 0.15) is 17.4 Å². The largest absolute Gasteiger partial charge is 0.420 e. The molecule has 10 heteroatoms. The summed E-state index contributed by atoms with van der Waals surface area (Å²) in [5, 5.41) is -0.394. The molecule has 0 aromatic carbocycles. The third kappa shape index (κ3) is 2.45. The number of hydrogen-bond donors (Lipinski definition) is 0. The van der Waals surface area contributed by atoms with Crippen LogP contribution in [0.25, 0.3) is 0 Å². The minimum absolute atomic E-state index is 0.140. The Labute approximate surface area is 126 Å². The van der Waals surface area contributed by atoms with Crippen LogP contribution in [0.5, 0.6) is 0 Å². The summed E-state index contributed by atoms with van der Waals surface area (Å²) < 4.78 is 36.7. The second-order valence-corrected chi connectivity index (χ2v) is 16.0. The normalized spacial score (nSPS) is 56.0. The monoisotopic (exact) mass is 352 g/mol. The lowest BCUT2D eigenvalue weighted by molar-refractivity contribution is -0.0330. The predicted octanol–water partition coefficient (Wildman–Crippen LogP) is 0.175. The number of rotatable bonds is 2. The van der Waals surface area contributed by atoms with Gasteiger partial charge >= 0.3 is 8.56 Å². The van der Waals surface area contributed by atoms with E-state index in [9.17, 15) is 0 Å². The van der Waals surface area contributed by atoms with Crippen molar-refractivity contribution in [2.75, 3.05) is 6.61 Å². The van der Waals surface area contributed by atoms with Gasteiger partial charge in [-0.25, -0.2) is 0 Å². The van der Waals surface area contributed by atoms with Crippen molar-refractivity contribution in [3.05, 3.63) is 0 Å². The summed E-state index contributed by atoms with van der Waals surface area (Å²) in [5.74, 6) is 0. The van der Waals surface area contributed by atoms with Crippen molar-refractivity contribution in [1.29, 1.82) is 0 Å². The molecule has 20 heavy (non-hydrogen) atoms. The van der Waals surface area contributed by atoms with Crippen LogP contribution in [0.4, 0.5) is 0 Å². The zero-order chi connectivity index (χ0) is 14.5. The number of fused-ring (bicyclic) bond motifs is 1. The molecule has 3 heterocycles. The Morgan fingerprint density at radius 3 is 2.10 bits per heavy atom. The van der Waals surface area contributed by atoms with Crippen LogP contribution in [0, 0.1) is 0 Å². The molecule has 0 amide bonds. The van der Waals surface area contributed by atoms with Gasteiger partial charge in [0, 0.05) is 0 Å². The summed E-state index contributed by atoms with van der Waals surface area (Å²) in [6.45, 7) is 11.1. The van der Waals surface area contributed by atoms with E-state index >= 15 is 0 Å². The van der Waals surface area contributed by atoms with Crippen LogP contribution in [0.15, 0.2) is 0 Å². The molecule has 3 rings (SSSR count). The maximum Gasteiger partial charge on any atom is 0.353 e. The SMILES string of the molecule is CCC1([Si]2(C)O[SiH](C)O[SiH](C)O[SiH](C)O2)OCC2OC21. The van der Waals surface area contributed by atoms with Gasteiger partial charge in [-0.05, 0) is 32.6 Å². The minimum Gasteiger partial charge on any atom is -0.420 e. The Morgan fingerprint density at radius 2 is 1.70 bits per heavy atom. The van der Waals surface area contributed by atoms with Crippen LogP contribution in [0.3, 0.4) is 0 Å². The first-order valence-corrected chi connectivity index (χ1v) is 16.0. The summed E-state index contributed by atoms with van der Waals surface area (Å²) in [6, 6.07) is 0. The molecule has 3 aliphatic rings. The molecular formula is C10H24O6Si4. The Morgan fingerprint density at radius 1 is 1.10 bits per heavy atom. The quantitative estimate of drug-likeness (QED) is 0.522. The van der Waals surface area contributed by atoms with Gasteiger partial charge in [-0.2, -0.15) is 0 Å². The molecule has 3 fully saturated rings. The van der Waals surface area contributed by atoms with Gasteiger partial charge in [-0.15, -0.1) is 0 Å². The molecule has 0 N–H and O–H groups in total. The molecule has 0 radical (unpaired) electrons. The second-order valence-electron chi connectivity index (χ2n) is 5.81. The Hall–Kier alpha value is 0.628. The van der Waals surface area contributed by atoms with Crippen molar-refractivity contribution in [2.45, 2.75) is 57.0 Å². The van der Waals surface area contributed by atoms with E-state index in [4.69, 9.17) is 25.9 Å². The van der Waals surface area contributed by atoms with E-state index in [2.05, 4.69) is 26.6 Å².